The minimum atomic E-state index is -0.569. The first kappa shape index (κ1) is 9.64. The van der Waals surface area contributed by atoms with Crippen molar-refractivity contribution in [3.05, 3.63) is 0 Å². The van der Waals surface area contributed by atoms with Gasteiger partial charge in [0.25, 0.3) is 0 Å². The number of carboxylic acid groups (broad SMARTS) is 1. The van der Waals surface area contributed by atoms with Gasteiger partial charge >= 0.3 is 5.97 Å². The van der Waals surface area contributed by atoms with Crippen molar-refractivity contribution in [2.24, 2.45) is 11.8 Å². The van der Waals surface area contributed by atoms with E-state index in [1.54, 1.807) is 0 Å². The normalized spacial score (nSPS) is 45.1. The largest absolute Gasteiger partial charge is 0.481 e. The molecule has 3 aliphatic rings. The van der Waals surface area contributed by atoms with E-state index >= 15 is 0 Å². The zero-order chi connectivity index (χ0) is 10.4. The summed E-state index contributed by atoms with van der Waals surface area (Å²) in [6.45, 7) is 1.27. The molecule has 2 heterocycles. The first-order valence-corrected chi connectivity index (χ1v) is 6.24. The molecule has 3 fully saturated rings. The predicted molar refractivity (Wildman–Crippen MR) is 56.6 cm³/mol. The summed E-state index contributed by atoms with van der Waals surface area (Å²) in [7, 11) is 0. The standard InChI is InChI=1S/C12H19NO2/c14-12(15)8-3-4-11-9(6-8)7-10-2-1-5-13(10)11/h8-11H,1-7H2,(H,14,15)/t8-,9-,10-,11-/m1/s1. The summed E-state index contributed by atoms with van der Waals surface area (Å²) in [6, 6.07) is 1.53. The smallest absolute Gasteiger partial charge is 0.306 e. The topological polar surface area (TPSA) is 40.5 Å². The molecule has 0 aromatic heterocycles. The maximum absolute atomic E-state index is 11.0. The molecule has 3 heteroatoms. The van der Waals surface area contributed by atoms with Gasteiger partial charge in [-0.3, -0.25) is 9.69 Å². The molecule has 0 radical (unpaired) electrons. The summed E-state index contributed by atoms with van der Waals surface area (Å²) in [4.78, 5) is 13.6. The van der Waals surface area contributed by atoms with Crippen LogP contribution in [0.3, 0.4) is 0 Å². The van der Waals surface area contributed by atoms with E-state index in [1.807, 2.05) is 0 Å². The van der Waals surface area contributed by atoms with E-state index in [4.69, 9.17) is 5.11 Å². The van der Waals surface area contributed by atoms with Crippen molar-refractivity contribution in [3.63, 3.8) is 0 Å². The molecule has 1 saturated carbocycles. The maximum atomic E-state index is 11.0. The van der Waals surface area contributed by atoms with Crippen LogP contribution in [-0.2, 0) is 4.79 Å². The second kappa shape index (κ2) is 3.48. The van der Waals surface area contributed by atoms with Crippen LogP contribution in [0.15, 0.2) is 0 Å². The fourth-order valence-electron chi connectivity index (χ4n) is 4.06. The summed E-state index contributed by atoms with van der Waals surface area (Å²) in [6.07, 6.45) is 6.94. The lowest BCUT2D eigenvalue weighted by molar-refractivity contribution is -0.143. The SMILES string of the molecule is O=C(O)[C@@H]1CC[C@@H]2[C@H](C1)C[C@H]1CCCN12. The molecule has 0 bridgehead atoms. The zero-order valence-corrected chi connectivity index (χ0v) is 9.06. The monoisotopic (exact) mass is 209 g/mol. The Morgan fingerprint density at radius 3 is 2.87 bits per heavy atom. The van der Waals surface area contributed by atoms with Gasteiger partial charge in [0.1, 0.15) is 0 Å². The minimum absolute atomic E-state index is 0.0497. The number of rotatable bonds is 1. The Bertz CT molecular complexity index is 279. The van der Waals surface area contributed by atoms with Gasteiger partial charge in [-0.05, 0) is 51.0 Å². The molecular formula is C12H19NO2. The molecule has 1 N–H and O–H groups in total. The van der Waals surface area contributed by atoms with Gasteiger partial charge in [0.2, 0.25) is 0 Å². The Kier molecular flexibility index (Phi) is 2.23. The average Bonchev–Trinajstić information content (AvgIpc) is 2.75. The van der Waals surface area contributed by atoms with E-state index in [-0.39, 0.29) is 5.92 Å². The molecule has 2 aliphatic heterocycles. The molecule has 2 saturated heterocycles. The van der Waals surface area contributed by atoms with Gasteiger partial charge in [0.15, 0.2) is 0 Å². The lowest BCUT2D eigenvalue weighted by Crippen LogP contribution is -2.38. The van der Waals surface area contributed by atoms with Gasteiger partial charge in [-0.1, -0.05) is 0 Å². The van der Waals surface area contributed by atoms with Gasteiger partial charge in [0, 0.05) is 12.1 Å². The van der Waals surface area contributed by atoms with Crippen LogP contribution in [-0.4, -0.2) is 34.6 Å². The average molecular weight is 209 g/mol. The molecule has 0 spiro atoms. The summed E-state index contributed by atoms with van der Waals surface area (Å²) in [5.74, 6) is 0.0666. The molecule has 0 unspecified atom stereocenters. The molecular weight excluding hydrogens is 190 g/mol. The molecule has 0 aromatic rings. The summed E-state index contributed by atoms with van der Waals surface area (Å²) in [5, 5.41) is 9.05. The fraction of sp³-hybridized carbons (Fsp3) is 0.917. The number of carboxylic acids is 1. The van der Waals surface area contributed by atoms with Crippen LogP contribution in [0, 0.1) is 11.8 Å². The van der Waals surface area contributed by atoms with Crippen molar-refractivity contribution in [1.29, 1.82) is 0 Å². The number of aliphatic carboxylic acids is 1. The summed E-state index contributed by atoms with van der Waals surface area (Å²) >= 11 is 0. The van der Waals surface area contributed by atoms with Gasteiger partial charge < -0.3 is 5.11 Å². The lowest BCUT2D eigenvalue weighted by Gasteiger charge is -2.33. The van der Waals surface area contributed by atoms with E-state index in [0.717, 1.165) is 31.3 Å². The lowest BCUT2D eigenvalue weighted by atomic mass is 9.78. The fourth-order valence-corrected chi connectivity index (χ4v) is 4.06. The van der Waals surface area contributed by atoms with Crippen LogP contribution >= 0.6 is 0 Å². The molecule has 3 nitrogen and oxygen atoms in total. The van der Waals surface area contributed by atoms with Crippen LogP contribution in [0.25, 0.3) is 0 Å². The maximum Gasteiger partial charge on any atom is 0.306 e. The van der Waals surface area contributed by atoms with E-state index in [0.29, 0.717) is 5.92 Å². The highest BCUT2D eigenvalue weighted by Crippen LogP contribution is 2.45. The van der Waals surface area contributed by atoms with Crippen LogP contribution in [0.1, 0.15) is 38.5 Å². The highest BCUT2D eigenvalue weighted by Gasteiger charge is 2.46. The van der Waals surface area contributed by atoms with Crippen molar-refractivity contribution in [1.82, 2.24) is 4.90 Å². The second-order valence-electron chi connectivity index (χ2n) is 5.45. The number of hydrogen-bond acceptors (Lipinski definition) is 2. The Morgan fingerprint density at radius 2 is 2.07 bits per heavy atom. The Balaban J connectivity index is 1.71. The number of fused-ring (bicyclic) bond motifs is 3. The molecule has 1 aliphatic carbocycles. The third-order valence-electron chi connectivity index (χ3n) is 4.72. The van der Waals surface area contributed by atoms with Gasteiger partial charge in [-0.25, -0.2) is 0 Å². The minimum Gasteiger partial charge on any atom is -0.481 e. The molecule has 3 rings (SSSR count). The van der Waals surface area contributed by atoms with Crippen molar-refractivity contribution in [2.75, 3.05) is 6.54 Å². The molecule has 84 valence electrons. The zero-order valence-electron chi connectivity index (χ0n) is 9.06. The van der Waals surface area contributed by atoms with Crippen LogP contribution in [0.2, 0.25) is 0 Å². The first-order valence-electron chi connectivity index (χ1n) is 6.24. The Labute approximate surface area is 90.5 Å². The van der Waals surface area contributed by atoms with Crippen molar-refractivity contribution < 1.29 is 9.90 Å². The van der Waals surface area contributed by atoms with Crippen LogP contribution in [0.5, 0.6) is 0 Å². The van der Waals surface area contributed by atoms with Crippen molar-refractivity contribution >= 4 is 5.97 Å². The highest BCUT2D eigenvalue weighted by atomic mass is 16.4. The first-order chi connectivity index (χ1) is 7.25. The Morgan fingerprint density at radius 1 is 1.20 bits per heavy atom. The molecule has 0 aromatic carbocycles. The van der Waals surface area contributed by atoms with E-state index < -0.39 is 5.97 Å². The second-order valence-corrected chi connectivity index (χ2v) is 5.45. The number of nitrogens with zero attached hydrogens (tertiary/aromatic N) is 1. The van der Waals surface area contributed by atoms with E-state index in [2.05, 4.69) is 4.90 Å². The van der Waals surface area contributed by atoms with Crippen molar-refractivity contribution in [2.45, 2.75) is 50.6 Å². The molecule has 0 amide bonds. The third kappa shape index (κ3) is 1.48. The van der Waals surface area contributed by atoms with E-state index in [9.17, 15) is 4.79 Å². The molecule has 15 heavy (non-hydrogen) atoms. The highest BCUT2D eigenvalue weighted by molar-refractivity contribution is 5.70. The third-order valence-corrected chi connectivity index (χ3v) is 4.72. The summed E-state index contributed by atoms with van der Waals surface area (Å²) in [5.41, 5.74) is 0. The Hall–Kier alpha value is -0.570. The number of hydrogen-bond donors (Lipinski definition) is 1. The van der Waals surface area contributed by atoms with Crippen LogP contribution < -0.4 is 0 Å². The predicted octanol–water partition coefficient (Wildman–Crippen LogP) is 1.72. The van der Waals surface area contributed by atoms with Gasteiger partial charge in [-0.2, -0.15) is 0 Å². The quantitative estimate of drug-likeness (QED) is 0.715. The number of carbonyl (C=O) groups is 1. The summed E-state index contributed by atoms with van der Waals surface area (Å²) < 4.78 is 0. The van der Waals surface area contributed by atoms with Crippen LogP contribution in [0.4, 0.5) is 0 Å². The van der Waals surface area contributed by atoms with Crippen molar-refractivity contribution in [3.8, 4) is 0 Å². The molecule has 4 atom stereocenters. The van der Waals surface area contributed by atoms with E-state index in [1.165, 1.54) is 25.8 Å². The van der Waals surface area contributed by atoms with Gasteiger partial charge in [-0.15, -0.1) is 0 Å². The van der Waals surface area contributed by atoms with Gasteiger partial charge in [0.05, 0.1) is 5.92 Å².